The molecular formula is C13H8BrCl2F. The molecule has 88 valence electrons. The standard InChI is InChI=1S/C13H8BrCl2F/c14-9-4-5-11(12(7-9)13(15)16)8-2-1-3-10(17)6-8/h1-7,13H. The predicted octanol–water partition coefficient (Wildman–Crippen LogP) is 5.73. The molecule has 0 nitrogen and oxygen atoms in total. The predicted molar refractivity (Wildman–Crippen MR) is 74.0 cm³/mol. The van der Waals surface area contributed by atoms with Crippen molar-refractivity contribution in [2.45, 2.75) is 4.84 Å². The number of rotatable bonds is 2. The van der Waals surface area contributed by atoms with Crippen molar-refractivity contribution < 1.29 is 4.39 Å². The lowest BCUT2D eigenvalue weighted by atomic mass is 10.0. The maximum absolute atomic E-state index is 13.2. The van der Waals surface area contributed by atoms with Gasteiger partial charge in [0.05, 0.1) is 0 Å². The van der Waals surface area contributed by atoms with Gasteiger partial charge in [-0.25, -0.2) is 4.39 Å². The molecule has 0 heterocycles. The number of hydrogen-bond acceptors (Lipinski definition) is 0. The topological polar surface area (TPSA) is 0 Å². The van der Waals surface area contributed by atoms with Crippen molar-refractivity contribution in [1.82, 2.24) is 0 Å². The molecule has 2 aromatic rings. The maximum Gasteiger partial charge on any atom is 0.133 e. The van der Waals surface area contributed by atoms with E-state index in [0.29, 0.717) is 0 Å². The van der Waals surface area contributed by atoms with E-state index >= 15 is 0 Å². The van der Waals surface area contributed by atoms with Crippen LogP contribution in [0.3, 0.4) is 0 Å². The Balaban J connectivity index is 2.59. The highest BCUT2D eigenvalue weighted by molar-refractivity contribution is 9.10. The van der Waals surface area contributed by atoms with E-state index in [1.807, 2.05) is 24.3 Å². The Morgan fingerprint density at radius 3 is 2.47 bits per heavy atom. The van der Waals surface area contributed by atoms with Crippen molar-refractivity contribution >= 4 is 39.1 Å². The highest BCUT2D eigenvalue weighted by atomic mass is 79.9. The second kappa shape index (κ2) is 5.38. The molecule has 4 heteroatoms. The number of hydrogen-bond donors (Lipinski definition) is 0. The quantitative estimate of drug-likeness (QED) is 0.615. The summed E-state index contributed by atoms with van der Waals surface area (Å²) in [7, 11) is 0. The van der Waals surface area contributed by atoms with E-state index in [4.69, 9.17) is 23.2 Å². The Hall–Kier alpha value is -0.570. The number of benzene rings is 2. The van der Waals surface area contributed by atoms with Crippen molar-refractivity contribution in [3.05, 3.63) is 58.3 Å². The molecule has 0 radical (unpaired) electrons. The lowest BCUT2D eigenvalue weighted by molar-refractivity contribution is 0.628. The van der Waals surface area contributed by atoms with Gasteiger partial charge in [0.15, 0.2) is 0 Å². The lowest BCUT2D eigenvalue weighted by Crippen LogP contribution is -1.89. The minimum atomic E-state index is -0.647. The molecule has 0 spiro atoms. The summed E-state index contributed by atoms with van der Waals surface area (Å²) < 4.78 is 14.1. The summed E-state index contributed by atoms with van der Waals surface area (Å²) in [6.07, 6.45) is 0. The molecule has 0 atom stereocenters. The SMILES string of the molecule is Fc1cccc(-c2ccc(Br)cc2C(Cl)Cl)c1. The van der Waals surface area contributed by atoms with Gasteiger partial charge in [-0.1, -0.05) is 34.1 Å². The molecule has 0 aliphatic carbocycles. The van der Waals surface area contributed by atoms with Crippen LogP contribution in [0.15, 0.2) is 46.9 Å². The van der Waals surface area contributed by atoms with E-state index in [1.165, 1.54) is 12.1 Å². The van der Waals surface area contributed by atoms with Crippen LogP contribution in [0, 0.1) is 5.82 Å². The molecule has 17 heavy (non-hydrogen) atoms. The Bertz CT molecular complexity index is 541. The maximum atomic E-state index is 13.2. The van der Waals surface area contributed by atoms with Crippen LogP contribution >= 0.6 is 39.1 Å². The first kappa shape index (κ1) is 12.9. The zero-order chi connectivity index (χ0) is 12.4. The Morgan fingerprint density at radius 2 is 1.82 bits per heavy atom. The molecule has 2 aromatic carbocycles. The first-order valence-electron chi connectivity index (χ1n) is 4.91. The Kier molecular flexibility index (Phi) is 4.08. The third-order valence-corrected chi connectivity index (χ3v) is 3.35. The molecule has 2 rings (SSSR count). The van der Waals surface area contributed by atoms with Crippen molar-refractivity contribution in [2.24, 2.45) is 0 Å². The Labute approximate surface area is 117 Å². The first-order valence-corrected chi connectivity index (χ1v) is 6.58. The van der Waals surface area contributed by atoms with E-state index in [0.717, 1.165) is 21.2 Å². The summed E-state index contributed by atoms with van der Waals surface area (Å²) in [5, 5.41) is 0. The highest BCUT2D eigenvalue weighted by Gasteiger charge is 2.12. The third kappa shape index (κ3) is 3.01. The third-order valence-electron chi connectivity index (χ3n) is 2.38. The summed E-state index contributed by atoms with van der Waals surface area (Å²) >= 11 is 15.2. The fraction of sp³-hybridized carbons (Fsp3) is 0.0769. The molecule has 0 saturated heterocycles. The van der Waals surface area contributed by atoms with Crippen LogP contribution < -0.4 is 0 Å². The van der Waals surface area contributed by atoms with Crippen LogP contribution in [0.5, 0.6) is 0 Å². The minimum Gasteiger partial charge on any atom is -0.207 e. The zero-order valence-corrected chi connectivity index (χ0v) is 11.7. The average Bonchev–Trinajstić information content (AvgIpc) is 2.28. The van der Waals surface area contributed by atoms with Gasteiger partial charge in [0, 0.05) is 4.47 Å². The summed E-state index contributed by atoms with van der Waals surface area (Å²) in [4.78, 5) is -0.647. The van der Waals surface area contributed by atoms with Gasteiger partial charge < -0.3 is 0 Å². The largest absolute Gasteiger partial charge is 0.207 e. The first-order chi connectivity index (χ1) is 8.08. The van der Waals surface area contributed by atoms with Gasteiger partial charge in [0.25, 0.3) is 0 Å². The molecule has 0 saturated carbocycles. The summed E-state index contributed by atoms with van der Waals surface area (Å²) in [6, 6.07) is 11.9. The normalized spacial score (nSPS) is 10.9. The molecule has 0 N–H and O–H groups in total. The van der Waals surface area contributed by atoms with Crippen LogP contribution in [-0.4, -0.2) is 0 Å². The second-order valence-corrected chi connectivity index (χ2v) is 5.55. The smallest absolute Gasteiger partial charge is 0.133 e. The number of halogens is 4. The van der Waals surface area contributed by atoms with Crippen LogP contribution in [0.2, 0.25) is 0 Å². The van der Waals surface area contributed by atoms with Gasteiger partial charge in [-0.05, 0) is 41.0 Å². The van der Waals surface area contributed by atoms with E-state index < -0.39 is 4.84 Å². The zero-order valence-electron chi connectivity index (χ0n) is 8.63. The van der Waals surface area contributed by atoms with Crippen molar-refractivity contribution in [3.63, 3.8) is 0 Å². The molecule has 0 aliphatic heterocycles. The van der Waals surface area contributed by atoms with Gasteiger partial charge in [0.1, 0.15) is 10.7 Å². The molecule has 0 bridgehead atoms. The van der Waals surface area contributed by atoms with E-state index in [1.54, 1.807) is 6.07 Å². The minimum absolute atomic E-state index is 0.280. The van der Waals surface area contributed by atoms with Gasteiger partial charge in [0.2, 0.25) is 0 Å². The molecular weight excluding hydrogens is 326 g/mol. The molecule has 0 amide bonds. The van der Waals surface area contributed by atoms with Gasteiger partial charge in [-0.15, -0.1) is 23.2 Å². The molecule has 0 aliphatic rings. The molecule has 0 fully saturated rings. The van der Waals surface area contributed by atoms with Gasteiger partial charge >= 0.3 is 0 Å². The molecule has 0 aromatic heterocycles. The average molecular weight is 334 g/mol. The van der Waals surface area contributed by atoms with Crippen LogP contribution in [0.4, 0.5) is 4.39 Å². The van der Waals surface area contributed by atoms with Crippen LogP contribution in [-0.2, 0) is 0 Å². The van der Waals surface area contributed by atoms with Crippen molar-refractivity contribution in [1.29, 1.82) is 0 Å². The van der Waals surface area contributed by atoms with Gasteiger partial charge in [-0.3, -0.25) is 0 Å². The van der Waals surface area contributed by atoms with Crippen LogP contribution in [0.1, 0.15) is 10.4 Å². The van der Waals surface area contributed by atoms with Crippen LogP contribution in [0.25, 0.3) is 11.1 Å². The summed E-state index contributed by atoms with van der Waals surface area (Å²) in [5.41, 5.74) is 2.36. The highest BCUT2D eigenvalue weighted by Crippen LogP contribution is 2.36. The summed E-state index contributed by atoms with van der Waals surface area (Å²) in [6.45, 7) is 0. The lowest BCUT2D eigenvalue weighted by Gasteiger charge is -2.11. The monoisotopic (exact) mass is 332 g/mol. The Morgan fingerprint density at radius 1 is 1.06 bits per heavy atom. The van der Waals surface area contributed by atoms with Gasteiger partial charge in [-0.2, -0.15) is 0 Å². The fourth-order valence-electron chi connectivity index (χ4n) is 1.63. The summed E-state index contributed by atoms with van der Waals surface area (Å²) in [5.74, 6) is -0.280. The second-order valence-electron chi connectivity index (χ2n) is 3.54. The number of alkyl halides is 2. The van der Waals surface area contributed by atoms with E-state index in [9.17, 15) is 4.39 Å². The van der Waals surface area contributed by atoms with Crippen molar-refractivity contribution in [3.8, 4) is 11.1 Å². The van der Waals surface area contributed by atoms with E-state index in [-0.39, 0.29) is 5.82 Å². The fourth-order valence-corrected chi connectivity index (χ4v) is 2.37. The van der Waals surface area contributed by atoms with E-state index in [2.05, 4.69) is 15.9 Å². The molecule has 0 unspecified atom stereocenters. The van der Waals surface area contributed by atoms with Crippen molar-refractivity contribution in [2.75, 3.05) is 0 Å².